The van der Waals surface area contributed by atoms with Crippen LogP contribution in [0.3, 0.4) is 0 Å². The predicted molar refractivity (Wildman–Crippen MR) is 137 cm³/mol. The van der Waals surface area contributed by atoms with Crippen LogP contribution in [0.4, 0.5) is 0 Å². The van der Waals surface area contributed by atoms with Gasteiger partial charge in [0.2, 0.25) is 0 Å². The Bertz CT molecular complexity index is 1150. The van der Waals surface area contributed by atoms with Crippen LogP contribution in [0.2, 0.25) is 5.32 Å². The fourth-order valence-electron chi connectivity index (χ4n) is 3.41. The van der Waals surface area contributed by atoms with Gasteiger partial charge in [-0.3, -0.25) is 0 Å². The quantitative estimate of drug-likeness (QED) is 0.126. The number of carbonyl (C=O) groups is 1. The molecule has 0 N–H and O–H groups in total. The van der Waals surface area contributed by atoms with Crippen LogP contribution in [0, 0.1) is 0 Å². The van der Waals surface area contributed by atoms with Crippen LogP contribution >= 0.6 is 15.9 Å². The van der Waals surface area contributed by atoms with Gasteiger partial charge in [-0.1, -0.05) is 0 Å². The number of rotatable bonds is 8. The number of ketones is 1. The molecule has 0 aliphatic rings. The molecule has 0 unspecified atom stereocenters. The van der Waals surface area contributed by atoms with E-state index in [0.29, 0.717) is 15.0 Å². The van der Waals surface area contributed by atoms with Gasteiger partial charge in [-0.15, -0.1) is 0 Å². The molecular formula is C27H23BrOSe2. The minimum absolute atomic E-state index is 0.0139. The van der Waals surface area contributed by atoms with Crippen molar-refractivity contribution in [3.63, 3.8) is 0 Å². The first-order valence-electron chi connectivity index (χ1n) is 10.4. The van der Waals surface area contributed by atoms with E-state index in [1.807, 2.05) is 30.3 Å². The molecule has 0 saturated carbocycles. The van der Waals surface area contributed by atoms with E-state index in [1.54, 1.807) is 0 Å². The van der Waals surface area contributed by atoms with Crippen molar-refractivity contribution in [3.05, 3.63) is 99.4 Å². The van der Waals surface area contributed by atoms with Crippen molar-refractivity contribution in [1.29, 1.82) is 0 Å². The maximum absolute atomic E-state index is 13.7. The fourth-order valence-corrected chi connectivity index (χ4v) is 10.2. The molecule has 1 nitrogen and oxygen atoms in total. The minimum atomic E-state index is -0.0139. The first-order chi connectivity index (χ1) is 15.2. The maximum atomic E-state index is 13.7. The summed E-state index contributed by atoms with van der Waals surface area (Å²) in [6, 6.07) is 28.9. The van der Waals surface area contributed by atoms with Gasteiger partial charge in [0.15, 0.2) is 0 Å². The van der Waals surface area contributed by atoms with Crippen molar-refractivity contribution in [1.82, 2.24) is 0 Å². The van der Waals surface area contributed by atoms with Gasteiger partial charge in [0.1, 0.15) is 0 Å². The first kappa shape index (κ1) is 22.5. The van der Waals surface area contributed by atoms with Gasteiger partial charge in [-0.05, 0) is 0 Å². The summed E-state index contributed by atoms with van der Waals surface area (Å²) >= 11 is 3.89. The molecule has 0 aliphatic heterocycles. The second kappa shape index (κ2) is 10.8. The van der Waals surface area contributed by atoms with Gasteiger partial charge in [0, 0.05) is 0 Å². The zero-order valence-electron chi connectivity index (χ0n) is 17.3. The van der Waals surface area contributed by atoms with E-state index in [0.717, 1.165) is 20.0 Å². The van der Waals surface area contributed by atoms with E-state index in [9.17, 15) is 4.79 Å². The summed E-state index contributed by atoms with van der Waals surface area (Å²) in [5, 5.41) is 1.21. The number of unbranched alkanes of at least 4 members (excludes halogenated alkanes) is 1. The summed E-state index contributed by atoms with van der Waals surface area (Å²) in [5.41, 5.74) is 4.39. The van der Waals surface area contributed by atoms with E-state index in [-0.39, 0.29) is 20.3 Å². The average molecular weight is 601 g/mol. The number of hydrogen-bond donors (Lipinski definition) is 0. The Balaban J connectivity index is 1.94. The van der Waals surface area contributed by atoms with Crippen molar-refractivity contribution < 1.29 is 4.79 Å². The van der Waals surface area contributed by atoms with Crippen LogP contribution in [0.5, 0.6) is 0 Å². The summed E-state index contributed by atoms with van der Waals surface area (Å²) in [6.45, 7) is 2.25. The van der Waals surface area contributed by atoms with Crippen LogP contribution in [-0.2, 0) is 0 Å². The summed E-state index contributed by atoms with van der Waals surface area (Å²) in [7, 11) is 0. The third kappa shape index (κ3) is 5.22. The molecule has 0 bridgehead atoms. The molecular weight excluding hydrogens is 578 g/mol. The van der Waals surface area contributed by atoms with E-state index in [2.05, 4.69) is 77.5 Å². The standard InChI is InChI=1S/C27H23BrOSe2/c1-2-3-18-30-27-23(19-14-16-22(28)17-15-19)26(24(29)20-10-6-4-7-11-20)31-25(27)21-12-8-5-9-13-21/h4-17H,2-3,18H2,1H3. The third-order valence-electron chi connectivity index (χ3n) is 5.02. The zero-order valence-corrected chi connectivity index (χ0v) is 22.3. The number of halogens is 1. The molecule has 31 heavy (non-hydrogen) atoms. The van der Waals surface area contributed by atoms with Crippen molar-refractivity contribution in [3.8, 4) is 21.1 Å². The Kier molecular flexibility index (Phi) is 7.82. The Labute approximate surface area is 204 Å². The molecule has 0 atom stereocenters. The van der Waals surface area contributed by atoms with Crippen molar-refractivity contribution in [2.24, 2.45) is 0 Å². The molecule has 0 fully saturated rings. The molecule has 0 saturated heterocycles. The molecule has 1 heterocycles. The van der Waals surface area contributed by atoms with E-state index in [1.165, 1.54) is 38.2 Å². The van der Waals surface area contributed by atoms with Crippen LogP contribution in [0.15, 0.2) is 89.4 Å². The van der Waals surface area contributed by atoms with Gasteiger partial charge in [-0.2, -0.15) is 0 Å². The SMILES string of the molecule is CCCC[Se]c1c(-c2ccccc2)[se]c(C(=O)c2ccccc2)c1-c1ccc(Br)cc1. The molecule has 156 valence electrons. The molecule has 0 aliphatic carbocycles. The zero-order chi connectivity index (χ0) is 21.6. The molecule has 4 rings (SSSR count). The third-order valence-corrected chi connectivity index (χ3v) is 11.3. The Hall–Kier alpha value is -1.67. The molecule has 4 aromatic rings. The fraction of sp³-hybridized carbons (Fsp3) is 0.148. The summed E-state index contributed by atoms with van der Waals surface area (Å²) in [6.07, 6.45) is 2.43. The Morgan fingerprint density at radius 2 is 1.52 bits per heavy atom. The molecule has 1 aromatic heterocycles. The number of benzene rings is 3. The summed E-state index contributed by atoms with van der Waals surface area (Å²) < 4.78 is 4.87. The van der Waals surface area contributed by atoms with Gasteiger partial charge in [0.05, 0.1) is 0 Å². The van der Waals surface area contributed by atoms with Gasteiger partial charge in [0.25, 0.3) is 0 Å². The molecule has 3 aromatic carbocycles. The van der Waals surface area contributed by atoms with Crippen molar-refractivity contribution in [2.75, 3.05) is 0 Å². The van der Waals surface area contributed by atoms with Crippen LogP contribution in [0.25, 0.3) is 21.1 Å². The second-order valence-corrected chi connectivity index (χ2v) is 12.6. The summed E-state index contributed by atoms with van der Waals surface area (Å²) in [4.78, 5) is 13.7. The van der Waals surface area contributed by atoms with E-state index >= 15 is 0 Å². The van der Waals surface area contributed by atoms with E-state index in [4.69, 9.17) is 0 Å². The van der Waals surface area contributed by atoms with Gasteiger partial charge >= 0.3 is 206 Å². The Morgan fingerprint density at radius 1 is 0.871 bits per heavy atom. The van der Waals surface area contributed by atoms with Crippen LogP contribution in [-0.4, -0.2) is 35.2 Å². The van der Waals surface area contributed by atoms with Gasteiger partial charge in [-0.25, -0.2) is 0 Å². The van der Waals surface area contributed by atoms with E-state index < -0.39 is 0 Å². The Morgan fingerprint density at radius 3 is 2.16 bits per heavy atom. The average Bonchev–Trinajstić information content (AvgIpc) is 3.20. The van der Waals surface area contributed by atoms with Crippen LogP contribution < -0.4 is 4.46 Å². The molecule has 0 spiro atoms. The van der Waals surface area contributed by atoms with Crippen molar-refractivity contribution >= 4 is 55.6 Å². The number of carbonyl (C=O) groups excluding carboxylic acids is 1. The molecule has 0 radical (unpaired) electrons. The molecule has 4 heteroatoms. The summed E-state index contributed by atoms with van der Waals surface area (Å²) in [5.74, 6) is 0.174. The van der Waals surface area contributed by atoms with Gasteiger partial charge < -0.3 is 0 Å². The topological polar surface area (TPSA) is 17.1 Å². The predicted octanol–water partition coefficient (Wildman–Crippen LogP) is 6.62. The monoisotopic (exact) mass is 602 g/mol. The normalized spacial score (nSPS) is 10.9. The van der Waals surface area contributed by atoms with Crippen molar-refractivity contribution in [2.45, 2.75) is 25.1 Å². The molecule has 0 amide bonds. The second-order valence-electron chi connectivity index (χ2n) is 7.23. The number of hydrogen-bond acceptors (Lipinski definition) is 1. The first-order valence-corrected chi connectivity index (χ1v) is 15.0. The van der Waals surface area contributed by atoms with Crippen LogP contribution in [0.1, 0.15) is 34.6 Å².